The summed E-state index contributed by atoms with van der Waals surface area (Å²) in [6, 6.07) is 3.25. The molecular weight excluding hydrogens is 370 g/mol. The second-order valence-corrected chi connectivity index (χ2v) is 6.50. The lowest BCUT2D eigenvalue weighted by Gasteiger charge is -2.31. The molecular formula is C16H25BrClNO3. The van der Waals surface area contributed by atoms with E-state index in [4.69, 9.17) is 15.2 Å². The molecule has 0 saturated heterocycles. The Bertz CT molecular complexity index is 481. The van der Waals surface area contributed by atoms with Crippen LogP contribution in [0.2, 0.25) is 0 Å². The first-order valence-corrected chi connectivity index (χ1v) is 8.22. The summed E-state index contributed by atoms with van der Waals surface area (Å²) < 4.78 is 11.4. The van der Waals surface area contributed by atoms with Crippen molar-refractivity contribution in [2.24, 2.45) is 11.7 Å². The second kappa shape index (κ2) is 8.96. The van der Waals surface area contributed by atoms with E-state index >= 15 is 0 Å². The topological polar surface area (TPSA) is 64.7 Å². The maximum atomic E-state index is 10.6. The number of ether oxygens (including phenoxy) is 2. The minimum Gasteiger partial charge on any atom is -0.493 e. The molecule has 0 bridgehead atoms. The Balaban J connectivity index is 0.00000242. The first-order chi connectivity index (χ1) is 10.1. The minimum atomic E-state index is -0.528. The van der Waals surface area contributed by atoms with Gasteiger partial charge in [0.15, 0.2) is 11.5 Å². The Morgan fingerprint density at radius 2 is 1.68 bits per heavy atom. The molecule has 2 rings (SSSR count). The number of hydrogen-bond donors (Lipinski definition) is 2. The molecule has 0 aromatic heterocycles. The molecule has 0 spiro atoms. The van der Waals surface area contributed by atoms with Crippen LogP contribution in [-0.2, 0) is 0 Å². The van der Waals surface area contributed by atoms with Gasteiger partial charge in [0.2, 0.25) is 0 Å². The number of benzene rings is 1. The second-order valence-electron chi connectivity index (χ2n) is 5.64. The van der Waals surface area contributed by atoms with Crippen molar-refractivity contribution in [3.63, 3.8) is 0 Å². The third-order valence-electron chi connectivity index (χ3n) is 4.36. The Hall–Kier alpha value is -0.490. The summed E-state index contributed by atoms with van der Waals surface area (Å²) in [5.41, 5.74) is 7.16. The fraction of sp³-hybridized carbons (Fsp3) is 0.625. The van der Waals surface area contributed by atoms with Gasteiger partial charge in [0.25, 0.3) is 0 Å². The molecule has 0 radical (unpaired) electrons. The highest BCUT2D eigenvalue weighted by atomic mass is 79.9. The van der Waals surface area contributed by atoms with Crippen molar-refractivity contribution in [3.05, 3.63) is 22.2 Å². The van der Waals surface area contributed by atoms with Gasteiger partial charge in [0.05, 0.1) is 26.4 Å². The number of aliphatic hydroxyl groups excluding tert-OH is 1. The Kier molecular flexibility index (Phi) is 7.97. The molecule has 0 amide bonds. The molecule has 1 aromatic carbocycles. The molecule has 1 fully saturated rings. The zero-order valence-electron chi connectivity index (χ0n) is 13.0. The van der Waals surface area contributed by atoms with Gasteiger partial charge >= 0.3 is 0 Å². The van der Waals surface area contributed by atoms with E-state index in [-0.39, 0.29) is 18.3 Å². The summed E-state index contributed by atoms with van der Waals surface area (Å²) in [7, 11) is 3.19. The molecule has 126 valence electrons. The number of halogens is 2. The predicted octanol–water partition coefficient (Wildman–Crippen LogP) is 3.83. The molecule has 1 aliphatic rings. The van der Waals surface area contributed by atoms with Gasteiger partial charge in [-0.05, 0) is 36.5 Å². The fourth-order valence-electron chi connectivity index (χ4n) is 3.08. The SMILES string of the molecule is COc1cc(Br)c([C@H](N)[C@H](O)C2CCCCC2)cc1OC.Cl. The van der Waals surface area contributed by atoms with Gasteiger partial charge in [-0.1, -0.05) is 35.2 Å². The number of aliphatic hydroxyl groups is 1. The normalized spacial score (nSPS) is 18.2. The van der Waals surface area contributed by atoms with Gasteiger partial charge in [-0.15, -0.1) is 12.4 Å². The standard InChI is InChI=1S/C16H24BrNO3.ClH/c1-20-13-8-11(12(17)9-14(13)21-2)15(18)16(19)10-6-4-3-5-7-10;/h8-10,15-16,19H,3-7,18H2,1-2H3;1H/t15-,16+;/m0./s1. The maximum Gasteiger partial charge on any atom is 0.161 e. The summed E-state index contributed by atoms with van der Waals surface area (Å²) in [5, 5.41) is 10.6. The Morgan fingerprint density at radius 1 is 1.14 bits per heavy atom. The van der Waals surface area contributed by atoms with E-state index in [1.54, 1.807) is 14.2 Å². The fourth-order valence-corrected chi connectivity index (χ4v) is 3.66. The predicted molar refractivity (Wildman–Crippen MR) is 94.0 cm³/mol. The van der Waals surface area contributed by atoms with Crippen LogP contribution in [0.5, 0.6) is 11.5 Å². The highest BCUT2D eigenvalue weighted by molar-refractivity contribution is 9.10. The van der Waals surface area contributed by atoms with Crippen LogP contribution in [0.1, 0.15) is 43.7 Å². The molecule has 0 unspecified atom stereocenters. The monoisotopic (exact) mass is 393 g/mol. The van der Waals surface area contributed by atoms with Crippen LogP contribution in [0.15, 0.2) is 16.6 Å². The summed E-state index contributed by atoms with van der Waals surface area (Å²) in [6.45, 7) is 0. The lowest BCUT2D eigenvalue weighted by Crippen LogP contribution is -2.34. The van der Waals surface area contributed by atoms with Crippen LogP contribution in [0, 0.1) is 5.92 Å². The van der Waals surface area contributed by atoms with Crippen molar-refractivity contribution in [1.29, 1.82) is 0 Å². The Morgan fingerprint density at radius 3 is 2.23 bits per heavy atom. The minimum absolute atomic E-state index is 0. The van der Waals surface area contributed by atoms with Crippen LogP contribution in [0.25, 0.3) is 0 Å². The number of methoxy groups -OCH3 is 2. The van der Waals surface area contributed by atoms with Gasteiger partial charge in [-0.25, -0.2) is 0 Å². The van der Waals surface area contributed by atoms with Crippen molar-refractivity contribution < 1.29 is 14.6 Å². The number of hydrogen-bond acceptors (Lipinski definition) is 4. The van der Waals surface area contributed by atoms with E-state index in [0.717, 1.165) is 22.9 Å². The number of rotatable bonds is 5. The highest BCUT2D eigenvalue weighted by Crippen LogP contribution is 2.38. The summed E-state index contributed by atoms with van der Waals surface area (Å²) in [5.74, 6) is 1.56. The van der Waals surface area contributed by atoms with Crippen molar-refractivity contribution in [1.82, 2.24) is 0 Å². The lowest BCUT2D eigenvalue weighted by atomic mass is 9.81. The largest absolute Gasteiger partial charge is 0.493 e. The quantitative estimate of drug-likeness (QED) is 0.796. The third kappa shape index (κ3) is 4.28. The van der Waals surface area contributed by atoms with Gasteiger partial charge in [-0.2, -0.15) is 0 Å². The van der Waals surface area contributed by atoms with Crippen molar-refractivity contribution in [3.8, 4) is 11.5 Å². The summed E-state index contributed by atoms with van der Waals surface area (Å²) >= 11 is 3.52. The highest BCUT2D eigenvalue weighted by Gasteiger charge is 2.29. The molecule has 4 nitrogen and oxygen atoms in total. The van der Waals surface area contributed by atoms with Gasteiger partial charge < -0.3 is 20.3 Å². The molecule has 1 saturated carbocycles. The van der Waals surface area contributed by atoms with E-state index in [1.807, 2.05) is 12.1 Å². The Labute approximate surface area is 146 Å². The van der Waals surface area contributed by atoms with E-state index in [1.165, 1.54) is 19.3 Å². The van der Waals surface area contributed by atoms with E-state index < -0.39 is 12.1 Å². The number of nitrogens with two attached hydrogens (primary N) is 1. The first-order valence-electron chi connectivity index (χ1n) is 7.43. The van der Waals surface area contributed by atoms with Gasteiger partial charge in [0.1, 0.15) is 0 Å². The molecule has 6 heteroatoms. The van der Waals surface area contributed by atoms with E-state index in [9.17, 15) is 5.11 Å². The first kappa shape index (κ1) is 19.6. The molecule has 1 aromatic rings. The maximum absolute atomic E-state index is 10.6. The average Bonchev–Trinajstić information content (AvgIpc) is 2.54. The van der Waals surface area contributed by atoms with Crippen molar-refractivity contribution in [2.45, 2.75) is 44.2 Å². The summed E-state index contributed by atoms with van der Waals surface area (Å²) in [6.07, 6.45) is 5.21. The lowest BCUT2D eigenvalue weighted by molar-refractivity contribution is 0.0615. The van der Waals surface area contributed by atoms with Crippen molar-refractivity contribution >= 4 is 28.3 Å². The van der Waals surface area contributed by atoms with Crippen LogP contribution in [0.4, 0.5) is 0 Å². The van der Waals surface area contributed by atoms with Crippen LogP contribution in [0.3, 0.4) is 0 Å². The average molecular weight is 395 g/mol. The smallest absolute Gasteiger partial charge is 0.161 e. The molecule has 0 heterocycles. The zero-order chi connectivity index (χ0) is 15.4. The zero-order valence-corrected chi connectivity index (χ0v) is 15.5. The van der Waals surface area contributed by atoms with E-state index in [0.29, 0.717) is 11.5 Å². The molecule has 3 N–H and O–H groups in total. The van der Waals surface area contributed by atoms with Crippen molar-refractivity contribution in [2.75, 3.05) is 14.2 Å². The molecule has 2 atom stereocenters. The molecule has 1 aliphatic carbocycles. The van der Waals surface area contributed by atoms with Crippen LogP contribution < -0.4 is 15.2 Å². The van der Waals surface area contributed by atoms with Gasteiger partial charge in [-0.3, -0.25) is 0 Å². The van der Waals surface area contributed by atoms with Gasteiger partial charge in [0, 0.05) is 4.47 Å². The molecule has 0 aliphatic heterocycles. The van der Waals surface area contributed by atoms with Crippen LogP contribution >= 0.6 is 28.3 Å². The third-order valence-corrected chi connectivity index (χ3v) is 5.05. The van der Waals surface area contributed by atoms with E-state index in [2.05, 4.69) is 15.9 Å². The molecule has 22 heavy (non-hydrogen) atoms. The summed E-state index contributed by atoms with van der Waals surface area (Å²) in [4.78, 5) is 0. The van der Waals surface area contributed by atoms with Crippen LogP contribution in [-0.4, -0.2) is 25.4 Å².